The Balaban J connectivity index is 1.84. The number of anilines is 1. The number of aromatic amines is 1. The molecule has 2 heterocycles. The number of nitrogens with zero attached hydrogens (tertiary/aromatic N) is 3. The normalized spacial score (nSPS) is 11.3. The Labute approximate surface area is 190 Å². The van der Waals surface area contributed by atoms with Crippen LogP contribution in [0.2, 0.25) is 5.02 Å². The Morgan fingerprint density at radius 1 is 1.25 bits per heavy atom. The molecule has 0 bridgehead atoms. The molecule has 172 valence electrons. The number of hydrogen-bond donors (Lipinski definition) is 3. The molecule has 0 aliphatic carbocycles. The van der Waals surface area contributed by atoms with Crippen molar-refractivity contribution < 1.29 is 4.79 Å². The van der Waals surface area contributed by atoms with Crippen LogP contribution in [0.25, 0.3) is 11.2 Å². The monoisotopic (exact) mass is 460 g/mol. The minimum atomic E-state index is -0.458. The van der Waals surface area contributed by atoms with Crippen LogP contribution in [0.15, 0.2) is 33.9 Å². The van der Waals surface area contributed by atoms with E-state index < -0.39 is 11.2 Å². The minimum Gasteiger partial charge on any atom is -0.322 e. The van der Waals surface area contributed by atoms with Crippen LogP contribution >= 0.6 is 11.6 Å². The van der Waals surface area contributed by atoms with Crippen LogP contribution in [0.1, 0.15) is 45.9 Å². The van der Waals surface area contributed by atoms with Crippen molar-refractivity contribution in [3.8, 4) is 0 Å². The number of rotatable bonds is 10. The second-order valence-electron chi connectivity index (χ2n) is 8.15. The number of imidazole rings is 1. The standard InChI is InChI=1S/C22H29ClN6O3/c1-4-5-11-28-20-19(21(31)25-22(28)32)29(13-14(2)3)17(24-20)9-10-18(30)27-26-16-8-6-7-15(23)12-16/h6-8,12,14,26H,4-5,9-11,13H2,1-3H3,(H,27,30)(H,25,31,32). The zero-order chi connectivity index (χ0) is 23.3. The number of carbonyl (C=O) groups is 1. The van der Waals surface area contributed by atoms with Crippen LogP contribution in [-0.4, -0.2) is 25.0 Å². The molecule has 0 fully saturated rings. The fraction of sp³-hybridized carbons (Fsp3) is 0.455. The average Bonchev–Trinajstić information content (AvgIpc) is 3.08. The second-order valence-corrected chi connectivity index (χ2v) is 8.59. The van der Waals surface area contributed by atoms with E-state index in [9.17, 15) is 14.4 Å². The summed E-state index contributed by atoms with van der Waals surface area (Å²) in [5, 5.41) is 0.561. The molecule has 0 atom stereocenters. The van der Waals surface area contributed by atoms with Crippen molar-refractivity contribution in [1.82, 2.24) is 24.5 Å². The molecule has 3 rings (SSSR count). The average molecular weight is 461 g/mol. The summed E-state index contributed by atoms with van der Waals surface area (Å²) in [6.07, 6.45) is 2.19. The molecule has 1 aromatic carbocycles. The van der Waals surface area contributed by atoms with E-state index in [1.807, 2.05) is 25.3 Å². The highest BCUT2D eigenvalue weighted by Crippen LogP contribution is 2.17. The molecule has 0 spiro atoms. The van der Waals surface area contributed by atoms with Gasteiger partial charge in [0.25, 0.3) is 5.56 Å². The van der Waals surface area contributed by atoms with Crippen LogP contribution in [0.4, 0.5) is 5.69 Å². The van der Waals surface area contributed by atoms with Gasteiger partial charge in [-0.25, -0.2) is 9.78 Å². The first-order chi connectivity index (χ1) is 15.3. The molecule has 0 unspecified atom stereocenters. The predicted molar refractivity (Wildman–Crippen MR) is 126 cm³/mol. The van der Waals surface area contributed by atoms with E-state index in [2.05, 4.69) is 20.8 Å². The molecular weight excluding hydrogens is 432 g/mol. The molecule has 3 aromatic rings. The Hall–Kier alpha value is -3.07. The molecule has 0 saturated carbocycles. The summed E-state index contributed by atoms with van der Waals surface area (Å²) in [5.41, 5.74) is 5.98. The summed E-state index contributed by atoms with van der Waals surface area (Å²) in [4.78, 5) is 44.5. The number of aryl methyl sites for hydroxylation is 2. The third-order valence-corrected chi connectivity index (χ3v) is 5.23. The summed E-state index contributed by atoms with van der Waals surface area (Å²) < 4.78 is 3.35. The van der Waals surface area contributed by atoms with Crippen molar-refractivity contribution in [3.63, 3.8) is 0 Å². The smallest absolute Gasteiger partial charge is 0.322 e. The topological polar surface area (TPSA) is 114 Å². The number of aromatic nitrogens is 4. The van der Waals surface area contributed by atoms with Gasteiger partial charge in [-0.3, -0.25) is 30.0 Å². The fourth-order valence-electron chi connectivity index (χ4n) is 3.49. The van der Waals surface area contributed by atoms with Gasteiger partial charge >= 0.3 is 5.69 Å². The number of halogens is 1. The lowest BCUT2D eigenvalue weighted by atomic mass is 10.2. The molecule has 0 aliphatic heterocycles. The zero-order valence-electron chi connectivity index (χ0n) is 18.6. The van der Waals surface area contributed by atoms with Gasteiger partial charge in [0.1, 0.15) is 5.82 Å². The van der Waals surface area contributed by atoms with E-state index >= 15 is 0 Å². The van der Waals surface area contributed by atoms with E-state index in [0.29, 0.717) is 47.2 Å². The predicted octanol–water partition coefficient (Wildman–Crippen LogP) is 3.07. The van der Waals surface area contributed by atoms with Crippen LogP contribution in [0.5, 0.6) is 0 Å². The minimum absolute atomic E-state index is 0.159. The Kier molecular flexibility index (Phi) is 7.74. The quantitative estimate of drug-likeness (QED) is 0.402. The zero-order valence-corrected chi connectivity index (χ0v) is 19.3. The molecule has 9 nitrogen and oxygen atoms in total. The third kappa shape index (κ3) is 5.59. The van der Waals surface area contributed by atoms with Gasteiger partial charge in [0.15, 0.2) is 11.2 Å². The number of benzene rings is 1. The maximum atomic E-state index is 12.6. The van der Waals surface area contributed by atoms with Crippen molar-refractivity contribution in [2.45, 2.75) is 59.5 Å². The molecule has 0 radical (unpaired) electrons. The van der Waals surface area contributed by atoms with Crippen molar-refractivity contribution in [3.05, 3.63) is 56.0 Å². The summed E-state index contributed by atoms with van der Waals surface area (Å²) in [6, 6.07) is 7.01. The molecule has 32 heavy (non-hydrogen) atoms. The molecule has 10 heteroatoms. The Morgan fingerprint density at radius 2 is 2.03 bits per heavy atom. The van der Waals surface area contributed by atoms with Crippen LogP contribution in [0, 0.1) is 5.92 Å². The van der Waals surface area contributed by atoms with Crippen LogP contribution in [-0.2, 0) is 24.3 Å². The first-order valence-corrected chi connectivity index (χ1v) is 11.2. The van der Waals surface area contributed by atoms with Gasteiger partial charge in [-0.1, -0.05) is 44.9 Å². The largest absolute Gasteiger partial charge is 0.330 e. The molecule has 2 aromatic heterocycles. The van der Waals surface area contributed by atoms with Gasteiger partial charge in [-0.15, -0.1) is 0 Å². The van der Waals surface area contributed by atoms with Gasteiger partial charge in [0.05, 0.1) is 5.69 Å². The van der Waals surface area contributed by atoms with E-state index in [1.165, 1.54) is 4.57 Å². The highest BCUT2D eigenvalue weighted by Gasteiger charge is 2.19. The number of carbonyl (C=O) groups excluding carboxylic acids is 1. The van der Waals surface area contributed by atoms with Gasteiger partial charge in [0.2, 0.25) is 5.91 Å². The lowest BCUT2D eigenvalue weighted by Crippen LogP contribution is -2.31. The molecule has 0 aliphatic rings. The van der Waals surface area contributed by atoms with E-state index in [4.69, 9.17) is 11.6 Å². The number of H-pyrrole nitrogens is 1. The van der Waals surface area contributed by atoms with Gasteiger partial charge in [-0.05, 0) is 30.5 Å². The van der Waals surface area contributed by atoms with E-state index in [1.54, 1.807) is 24.3 Å². The molecule has 3 N–H and O–H groups in total. The summed E-state index contributed by atoms with van der Waals surface area (Å²) >= 11 is 5.95. The third-order valence-electron chi connectivity index (χ3n) is 4.99. The maximum Gasteiger partial charge on any atom is 0.330 e. The molecule has 1 amide bonds. The Bertz CT molecular complexity index is 1210. The lowest BCUT2D eigenvalue weighted by molar-refractivity contribution is -0.120. The van der Waals surface area contributed by atoms with Crippen molar-refractivity contribution >= 4 is 34.4 Å². The van der Waals surface area contributed by atoms with Gasteiger partial charge in [-0.2, -0.15) is 0 Å². The second kappa shape index (κ2) is 10.5. The van der Waals surface area contributed by atoms with E-state index in [0.717, 1.165) is 12.8 Å². The van der Waals surface area contributed by atoms with Gasteiger partial charge in [0, 0.05) is 31.0 Å². The number of amides is 1. The van der Waals surface area contributed by atoms with Crippen LogP contribution in [0.3, 0.4) is 0 Å². The Morgan fingerprint density at radius 3 is 2.72 bits per heavy atom. The highest BCUT2D eigenvalue weighted by atomic mass is 35.5. The van der Waals surface area contributed by atoms with Gasteiger partial charge < -0.3 is 4.57 Å². The number of unbranched alkanes of at least 4 members (excludes halogenated alkanes) is 1. The summed E-state index contributed by atoms with van der Waals surface area (Å²) in [7, 11) is 0. The van der Waals surface area contributed by atoms with Crippen molar-refractivity contribution in [2.75, 3.05) is 5.43 Å². The van der Waals surface area contributed by atoms with Crippen LogP contribution < -0.4 is 22.1 Å². The first-order valence-electron chi connectivity index (χ1n) is 10.8. The number of nitrogens with one attached hydrogen (secondary N) is 3. The fourth-order valence-corrected chi connectivity index (χ4v) is 3.68. The highest BCUT2D eigenvalue weighted by molar-refractivity contribution is 6.30. The van der Waals surface area contributed by atoms with Crippen molar-refractivity contribution in [2.24, 2.45) is 5.92 Å². The SMILES string of the molecule is CCCCn1c(=O)[nH]c(=O)c2c1nc(CCC(=O)NNc1cccc(Cl)c1)n2CC(C)C. The first kappa shape index (κ1) is 23.6. The maximum absolute atomic E-state index is 12.6. The molecular formula is C22H29ClN6O3. The lowest BCUT2D eigenvalue weighted by Gasteiger charge is -2.12. The summed E-state index contributed by atoms with van der Waals surface area (Å²) in [5.74, 6) is 0.623. The number of hydrogen-bond acceptors (Lipinski definition) is 5. The molecule has 0 saturated heterocycles. The number of hydrazine groups is 1. The number of fused-ring (bicyclic) bond motifs is 1. The summed E-state index contributed by atoms with van der Waals surface area (Å²) in [6.45, 7) is 7.15. The van der Waals surface area contributed by atoms with Crippen molar-refractivity contribution in [1.29, 1.82) is 0 Å². The van der Waals surface area contributed by atoms with E-state index in [-0.39, 0.29) is 18.2 Å².